The lowest BCUT2D eigenvalue weighted by Crippen LogP contribution is -1.95. The molecule has 1 atom stereocenters. The van der Waals surface area contributed by atoms with E-state index in [1.165, 1.54) is 16.0 Å². The highest BCUT2D eigenvalue weighted by molar-refractivity contribution is 7.12. The highest BCUT2D eigenvalue weighted by Crippen LogP contribution is 2.33. The summed E-state index contributed by atoms with van der Waals surface area (Å²) in [6, 6.07) is 10.0. The fourth-order valence-corrected chi connectivity index (χ4v) is 3.22. The maximum atomic E-state index is 9.16. The quantitative estimate of drug-likeness (QED) is 0.875. The van der Waals surface area contributed by atoms with Crippen LogP contribution in [0.15, 0.2) is 30.3 Å². The van der Waals surface area contributed by atoms with Crippen LogP contribution in [0.5, 0.6) is 0 Å². The van der Waals surface area contributed by atoms with Gasteiger partial charge in [-0.05, 0) is 36.2 Å². The summed E-state index contributed by atoms with van der Waals surface area (Å²) in [5, 5.41) is 9.93. The molecule has 0 saturated carbocycles. The molecular formula is C14H15ClOS. The molecule has 0 bridgehead atoms. The smallest absolute Gasteiger partial charge is 0.0774 e. The highest BCUT2D eigenvalue weighted by Gasteiger charge is 2.14. The molecular weight excluding hydrogens is 252 g/mol. The number of thiophene rings is 1. The zero-order chi connectivity index (χ0) is 12.4. The maximum Gasteiger partial charge on any atom is 0.0774 e. The predicted octanol–water partition coefficient (Wildman–Crippen LogP) is 4.35. The minimum Gasteiger partial charge on any atom is -0.391 e. The second kappa shape index (κ2) is 5.21. The van der Waals surface area contributed by atoms with Crippen LogP contribution in [-0.2, 0) is 6.61 Å². The van der Waals surface area contributed by atoms with Gasteiger partial charge in [0, 0.05) is 20.7 Å². The van der Waals surface area contributed by atoms with Crippen LogP contribution in [0.25, 0.3) is 0 Å². The molecule has 1 aromatic heterocycles. The number of aliphatic hydroxyl groups is 1. The third-order valence-corrected chi connectivity index (χ3v) is 4.26. The van der Waals surface area contributed by atoms with E-state index in [0.29, 0.717) is 5.92 Å². The molecule has 0 saturated heterocycles. The number of hydrogen-bond acceptors (Lipinski definition) is 2. The number of halogens is 1. The first-order chi connectivity index (χ1) is 8.11. The Morgan fingerprint density at radius 3 is 2.71 bits per heavy atom. The first-order valence-electron chi connectivity index (χ1n) is 5.57. The lowest BCUT2D eigenvalue weighted by Gasteiger charge is -2.12. The summed E-state index contributed by atoms with van der Waals surface area (Å²) in [5.74, 6) is 0.310. The van der Waals surface area contributed by atoms with E-state index in [4.69, 9.17) is 16.7 Å². The second-order valence-electron chi connectivity index (χ2n) is 4.16. The Morgan fingerprint density at radius 2 is 2.12 bits per heavy atom. The number of aryl methyl sites for hydroxylation is 1. The van der Waals surface area contributed by atoms with Gasteiger partial charge in [0.25, 0.3) is 0 Å². The van der Waals surface area contributed by atoms with Gasteiger partial charge in [-0.1, -0.05) is 30.7 Å². The second-order valence-corrected chi connectivity index (χ2v) is 5.94. The summed E-state index contributed by atoms with van der Waals surface area (Å²) < 4.78 is 0. The molecule has 2 rings (SSSR count). The van der Waals surface area contributed by atoms with Gasteiger partial charge in [-0.15, -0.1) is 11.3 Å². The molecule has 3 heteroatoms. The van der Waals surface area contributed by atoms with Gasteiger partial charge in [0.2, 0.25) is 0 Å². The van der Waals surface area contributed by atoms with Crippen LogP contribution in [0.4, 0.5) is 0 Å². The van der Waals surface area contributed by atoms with Crippen LogP contribution in [0.2, 0.25) is 5.02 Å². The zero-order valence-electron chi connectivity index (χ0n) is 9.90. The average molecular weight is 267 g/mol. The lowest BCUT2D eigenvalue weighted by atomic mass is 9.93. The monoisotopic (exact) mass is 266 g/mol. The Bertz CT molecular complexity index is 519. The van der Waals surface area contributed by atoms with E-state index in [9.17, 15) is 0 Å². The van der Waals surface area contributed by atoms with Crippen molar-refractivity contribution in [2.75, 3.05) is 0 Å². The zero-order valence-corrected chi connectivity index (χ0v) is 11.5. The predicted molar refractivity (Wildman–Crippen MR) is 73.9 cm³/mol. The van der Waals surface area contributed by atoms with Gasteiger partial charge >= 0.3 is 0 Å². The Balaban J connectivity index is 2.36. The van der Waals surface area contributed by atoms with Gasteiger partial charge in [0.15, 0.2) is 0 Å². The summed E-state index contributed by atoms with van der Waals surface area (Å²) >= 11 is 7.67. The molecule has 90 valence electrons. The third kappa shape index (κ3) is 2.71. The molecule has 1 nitrogen and oxygen atoms in total. The number of aliphatic hydroxyl groups excluding tert-OH is 1. The summed E-state index contributed by atoms with van der Waals surface area (Å²) in [6.45, 7) is 4.38. The summed E-state index contributed by atoms with van der Waals surface area (Å²) in [6.07, 6.45) is 0. The van der Waals surface area contributed by atoms with Crippen molar-refractivity contribution in [2.45, 2.75) is 26.4 Å². The average Bonchev–Trinajstić information content (AvgIpc) is 2.69. The van der Waals surface area contributed by atoms with Gasteiger partial charge < -0.3 is 5.11 Å². The molecule has 2 aromatic rings. The number of hydrogen-bond donors (Lipinski definition) is 1. The number of rotatable bonds is 3. The van der Waals surface area contributed by atoms with E-state index in [2.05, 4.69) is 26.0 Å². The Morgan fingerprint density at radius 1 is 1.35 bits per heavy atom. The topological polar surface area (TPSA) is 20.2 Å². The third-order valence-electron chi connectivity index (χ3n) is 2.98. The minimum atomic E-state index is 0.119. The van der Waals surface area contributed by atoms with Crippen molar-refractivity contribution in [3.63, 3.8) is 0 Å². The minimum absolute atomic E-state index is 0.119. The van der Waals surface area contributed by atoms with Gasteiger partial charge in [0.05, 0.1) is 6.61 Å². The first kappa shape index (κ1) is 12.6. The van der Waals surface area contributed by atoms with Crippen molar-refractivity contribution in [2.24, 2.45) is 0 Å². The van der Waals surface area contributed by atoms with E-state index in [1.54, 1.807) is 11.3 Å². The Labute approximate surface area is 111 Å². The molecule has 1 heterocycles. The van der Waals surface area contributed by atoms with Gasteiger partial charge in [-0.3, -0.25) is 0 Å². The highest BCUT2D eigenvalue weighted by atomic mass is 35.5. The van der Waals surface area contributed by atoms with E-state index in [-0.39, 0.29) is 6.61 Å². The van der Waals surface area contributed by atoms with Crippen molar-refractivity contribution in [3.8, 4) is 0 Å². The summed E-state index contributed by atoms with van der Waals surface area (Å²) in [4.78, 5) is 2.29. The van der Waals surface area contributed by atoms with Crippen LogP contribution >= 0.6 is 22.9 Å². The maximum absolute atomic E-state index is 9.16. The molecule has 17 heavy (non-hydrogen) atoms. The van der Waals surface area contributed by atoms with Crippen LogP contribution < -0.4 is 0 Å². The standard InChI is InChI=1S/C14H15ClOS/c1-9(11-4-3-5-12(15)6-11)14-7-13(8-16)17-10(14)2/h3-7,9,16H,8H2,1-2H3. The van der Waals surface area contributed by atoms with Gasteiger partial charge in [-0.2, -0.15) is 0 Å². The SMILES string of the molecule is Cc1sc(CO)cc1C(C)c1cccc(Cl)c1. The van der Waals surface area contributed by atoms with Crippen LogP contribution in [-0.4, -0.2) is 5.11 Å². The van der Waals surface area contributed by atoms with Crippen LogP contribution in [0, 0.1) is 6.92 Å². The number of benzene rings is 1. The molecule has 0 radical (unpaired) electrons. The molecule has 0 spiro atoms. The van der Waals surface area contributed by atoms with E-state index < -0.39 is 0 Å². The van der Waals surface area contributed by atoms with E-state index in [1.807, 2.05) is 18.2 Å². The molecule has 0 amide bonds. The molecule has 0 fully saturated rings. The molecule has 0 aliphatic carbocycles. The summed E-state index contributed by atoms with van der Waals surface area (Å²) in [5.41, 5.74) is 2.49. The van der Waals surface area contributed by atoms with Crippen molar-refractivity contribution < 1.29 is 5.11 Å². The summed E-state index contributed by atoms with van der Waals surface area (Å²) in [7, 11) is 0. The van der Waals surface area contributed by atoms with Gasteiger partial charge in [0.1, 0.15) is 0 Å². The van der Waals surface area contributed by atoms with Gasteiger partial charge in [-0.25, -0.2) is 0 Å². The first-order valence-corrected chi connectivity index (χ1v) is 6.76. The molecule has 0 aliphatic heterocycles. The van der Waals surface area contributed by atoms with Crippen molar-refractivity contribution >= 4 is 22.9 Å². The van der Waals surface area contributed by atoms with Crippen molar-refractivity contribution in [3.05, 3.63) is 56.2 Å². The van der Waals surface area contributed by atoms with Crippen LogP contribution in [0.3, 0.4) is 0 Å². The van der Waals surface area contributed by atoms with Crippen molar-refractivity contribution in [1.82, 2.24) is 0 Å². The molecule has 1 aromatic carbocycles. The molecule has 0 aliphatic rings. The van der Waals surface area contributed by atoms with Crippen molar-refractivity contribution in [1.29, 1.82) is 0 Å². The van der Waals surface area contributed by atoms with Crippen LogP contribution in [0.1, 0.15) is 33.7 Å². The largest absolute Gasteiger partial charge is 0.391 e. The molecule has 1 unspecified atom stereocenters. The van der Waals surface area contributed by atoms with E-state index in [0.717, 1.165) is 9.90 Å². The Hall–Kier alpha value is -0.830. The lowest BCUT2D eigenvalue weighted by molar-refractivity contribution is 0.285. The Kier molecular flexibility index (Phi) is 3.87. The fourth-order valence-electron chi connectivity index (χ4n) is 2.02. The molecule has 1 N–H and O–H groups in total. The van der Waals surface area contributed by atoms with E-state index >= 15 is 0 Å². The fraction of sp³-hybridized carbons (Fsp3) is 0.286. The normalized spacial score (nSPS) is 12.7.